The van der Waals surface area contributed by atoms with Gasteiger partial charge in [-0.2, -0.15) is 0 Å². The van der Waals surface area contributed by atoms with E-state index in [9.17, 15) is 0 Å². The monoisotopic (exact) mass is 363 g/mol. The molecule has 0 N–H and O–H groups in total. The van der Waals surface area contributed by atoms with Gasteiger partial charge in [0.25, 0.3) is 0 Å². The second kappa shape index (κ2) is 3.70. The first-order chi connectivity index (χ1) is 6.09. The molecule has 0 aliphatic carbocycles. The Morgan fingerprint density at radius 3 is 2.62 bits per heavy atom. The predicted molar refractivity (Wildman–Crippen MR) is 67.4 cm³/mol. The molecule has 13 heavy (non-hydrogen) atoms. The number of benzene rings is 1. The van der Waals surface area contributed by atoms with Crippen molar-refractivity contribution in [2.45, 2.75) is 0 Å². The summed E-state index contributed by atoms with van der Waals surface area (Å²) >= 11 is 21.4. The molecule has 0 saturated carbocycles. The fraction of sp³-hybridized carbons (Fsp3) is 0. The van der Waals surface area contributed by atoms with Gasteiger partial charge in [0, 0.05) is 0 Å². The number of halogens is 4. The van der Waals surface area contributed by atoms with Crippen molar-refractivity contribution in [3.63, 3.8) is 0 Å². The molecule has 0 aliphatic heterocycles. The molecule has 0 amide bonds. The van der Waals surface area contributed by atoms with Gasteiger partial charge in [-0.15, -0.1) is 11.3 Å². The fourth-order valence-corrected chi connectivity index (χ4v) is 3.49. The predicted octanol–water partition coefficient (Wildman–Crippen LogP) is 4.86. The lowest BCUT2D eigenvalue weighted by molar-refractivity contribution is 1.45. The van der Waals surface area contributed by atoms with Crippen molar-refractivity contribution in [2.75, 3.05) is 0 Å². The summed E-state index contributed by atoms with van der Waals surface area (Å²) in [7, 11) is 0. The summed E-state index contributed by atoms with van der Waals surface area (Å²) in [6.07, 6.45) is 0. The minimum absolute atomic E-state index is 0.471. The summed E-state index contributed by atoms with van der Waals surface area (Å²) in [5.74, 6) is 0. The van der Waals surface area contributed by atoms with E-state index in [2.05, 4.69) is 27.6 Å². The van der Waals surface area contributed by atoms with Crippen molar-refractivity contribution >= 4 is 78.9 Å². The molecule has 0 bridgehead atoms. The number of hydrogen-bond acceptors (Lipinski definition) is 2. The van der Waals surface area contributed by atoms with Crippen molar-refractivity contribution in [2.24, 2.45) is 0 Å². The highest BCUT2D eigenvalue weighted by Gasteiger charge is 2.12. The third kappa shape index (κ3) is 1.77. The van der Waals surface area contributed by atoms with Crippen molar-refractivity contribution < 1.29 is 0 Å². The van der Waals surface area contributed by atoms with Crippen molar-refractivity contribution in [1.29, 1.82) is 0 Å². The maximum Gasteiger partial charge on any atom is 0.155 e. The fourth-order valence-electron chi connectivity index (χ4n) is 0.956. The molecule has 0 aliphatic rings. The molecule has 0 unspecified atom stereocenters. The van der Waals surface area contributed by atoms with Gasteiger partial charge in [-0.25, -0.2) is 4.98 Å². The van der Waals surface area contributed by atoms with Gasteiger partial charge in [-0.3, -0.25) is 0 Å². The molecule has 0 atom stereocenters. The Morgan fingerprint density at radius 2 is 1.92 bits per heavy atom. The summed E-state index contributed by atoms with van der Waals surface area (Å²) < 4.78 is 1.75. The number of aromatic nitrogens is 1. The molecule has 0 saturated heterocycles. The lowest BCUT2D eigenvalue weighted by Crippen LogP contribution is -1.74. The van der Waals surface area contributed by atoms with Gasteiger partial charge in [-0.05, 0) is 28.7 Å². The molecule has 0 radical (unpaired) electrons. The first kappa shape index (κ1) is 10.2. The van der Waals surface area contributed by atoms with Crippen LogP contribution in [0.25, 0.3) is 10.2 Å². The largest absolute Gasteiger partial charge is 0.228 e. The van der Waals surface area contributed by atoms with Crippen LogP contribution in [0.5, 0.6) is 0 Å². The Balaban J connectivity index is 2.95. The van der Waals surface area contributed by atoms with Crippen LogP contribution in [0.2, 0.25) is 15.1 Å². The van der Waals surface area contributed by atoms with Crippen LogP contribution in [-0.4, -0.2) is 4.98 Å². The second-order valence-corrected chi connectivity index (χ2v) is 6.24. The summed E-state index contributed by atoms with van der Waals surface area (Å²) in [6, 6.07) is 1.61. The van der Waals surface area contributed by atoms with E-state index in [1.807, 2.05) is 0 Å². The van der Waals surface area contributed by atoms with Crippen molar-refractivity contribution in [1.82, 2.24) is 4.98 Å². The second-order valence-electron chi connectivity index (χ2n) is 2.30. The zero-order valence-corrected chi connectivity index (χ0v) is 11.2. The third-order valence-electron chi connectivity index (χ3n) is 1.49. The van der Waals surface area contributed by atoms with Crippen LogP contribution >= 0.6 is 68.7 Å². The maximum absolute atomic E-state index is 5.99. The van der Waals surface area contributed by atoms with E-state index in [0.717, 1.165) is 13.2 Å². The first-order valence-corrected chi connectivity index (χ1v) is 6.22. The Kier molecular flexibility index (Phi) is 2.91. The van der Waals surface area contributed by atoms with Crippen LogP contribution in [0.1, 0.15) is 0 Å². The summed E-state index contributed by atoms with van der Waals surface area (Å²) in [5, 5.41) is 1.55. The van der Waals surface area contributed by atoms with E-state index in [4.69, 9.17) is 34.8 Å². The van der Waals surface area contributed by atoms with Crippen LogP contribution in [-0.2, 0) is 0 Å². The number of hydrogen-bond donors (Lipinski definition) is 0. The van der Waals surface area contributed by atoms with Gasteiger partial charge in [0.15, 0.2) is 3.01 Å². The topological polar surface area (TPSA) is 12.9 Å². The normalized spacial score (nSPS) is 11.1. The summed E-state index contributed by atoms with van der Waals surface area (Å²) in [5.41, 5.74) is 0.727. The number of nitrogens with zero attached hydrogens (tertiary/aromatic N) is 1. The molecule has 1 heterocycles. The van der Waals surface area contributed by atoms with Crippen LogP contribution in [0, 0.1) is 3.01 Å². The molecule has 1 nitrogen and oxygen atoms in total. The average molecular weight is 364 g/mol. The van der Waals surface area contributed by atoms with Gasteiger partial charge < -0.3 is 0 Å². The van der Waals surface area contributed by atoms with Crippen LogP contribution in [0.3, 0.4) is 0 Å². The van der Waals surface area contributed by atoms with E-state index in [0.29, 0.717) is 15.1 Å². The standard InChI is InChI=1S/C7HCl3INS/c8-2-1-3(9)5-6(4(2)10)13-7(11)12-5/h1H. The number of rotatable bonds is 0. The van der Waals surface area contributed by atoms with Crippen molar-refractivity contribution in [3.05, 3.63) is 24.1 Å². The minimum atomic E-state index is 0.471. The Morgan fingerprint density at radius 1 is 1.23 bits per heavy atom. The Hall–Kier alpha value is 0.710. The lowest BCUT2D eigenvalue weighted by Gasteiger charge is -1.97. The molecular formula is C7HCl3INS. The maximum atomic E-state index is 5.99. The average Bonchev–Trinajstić information content (AvgIpc) is 2.44. The van der Waals surface area contributed by atoms with Gasteiger partial charge in [-0.1, -0.05) is 34.8 Å². The molecule has 68 valence electrons. The zero-order valence-electron chi connectivity index (χ0n) is 5.94. The highest BCUT2D eigenvalue weighted by molar-refractivity contribution is 14.1. The number of fused-ring (bicyclic) bond motifs is 1. The molecule has 1 aromatic heterocycles. The Labute approximate surface area is 107 Å². The summed E-state index contributed by atoms with van der Waals surface area (Å²) in [4.78, 5) is 4.24. The molecule has 6 heteroatoms. The molecular weight excluding hydrogens is 363 g/mol. The quantitative estimate of drug-likeness (QED) is 0.480. The Bertz CT molecular complexity index is 482. The van der Waals surface area contributed by atoms with Gasteiger partial charge >= 0.3 is 0 Å². The van der Waals surface area contributed by atoms with Crippen LogP contribution < -0.4 is 0 Å². The molecule has 1 aromatic carbocycles. The third-order valence-corrected chi connectivity index (χ3v) is 4.44. The number of thiazole rings is 1. The van der Waals surface area contributed by atoms with E-state index in [1.165, 1.54) is 11.3 Å². The zero-order chi connectivity index (χ0) is 9.59. The highest BCUT2D eigenvalue weighted by atomic mass is 127. The van der Waals surface area contributed by atoms with Crippen LogP contribution in [0.15, 0.2) is 6.07 Å². The van der Waals surface area contributed by atoms with Crippen molar-refractivity contribution in [3.8, 4) is 0 Å². The van der Waals surface area contributed by atoms with Gasteiger partial charge in [0.2, 0.25) is 0 Å². The highest BCUT2D eigenvalue weighted by Crippen LogP contribution is 2.39. The smallest absolute Gasteiger partial charge is 0.155 e. The van der Waals surface area contributed by atoms with Gasteiger partial charge in [0.05, 0.1) is 19.8 Å². The van der Waals surface area contributed by atoms with E-state index in [1.54, 1.807) is 6.07 Å². The molecule has 0 fully saturated rings. The molecule has 0 spiro atoms. The van der Waals surface area contributed by atoms with E-state index >= 15 is 0 Å². The lowest BCUT2D eigenvalue weighted by atomic mass is 10.3. The first-order valence-electron chi connectivity index (χ1n) is 3.19. The van der Waals surface area contributed by atoms with E-state index in [-0.39, 0.29) is 0 Å². The summed E-state index contributed by atoms with van der Waals surface area (Å²) in [6.45, 7) is 0. The van der Waals surface area contributed by atoms with Crippen LogP contribution in [0.4, 0.5) is 0 Å². The van der Waals surface area contributed by atoms with Gasteiger partial charge in [0.1, 0.15) is 5.52 Å². The molecule has 2 rings (SSSR count). The van der Waals surface area contributed by atoms with E-state index < -0.39 is 0 Å². The molecule has 2 aromatic rings. The SMILES string of the molecule is Clc1cc(Cl)c2nc(I)sc2c1Cl. The minimum Gasteiger partial charge on any atom is -0.228 e.